The van der Waals surface area contributed by atoms with Gasteiger partial charge in [-0.3, -0.25) is 0 Å². The summed E-state index contributed by atoms with van der Waals surface area (Å²) in [6.07, 6.45) is 0. The van der Waals surface area contributed by atoms with Crippen molar-refractivity contribution in [2.45, 2.75) is 26.7 Å². The maximum Gasteiger partial charge on any atom is 0.202 e. The first kappa shape index (κ1) is 11.2. The Bertz CT molecular complexity index is 346. The Kier molecular flexibility index (Phi) is 3.00. The Morgan fingerprint density at radius 2 is 1.71 bits per heavy atom. The molecular weight excluding hydrogens is 210 g/mol. The molecule has 14 heavy (non-hydrogen) atoms. The lowest BCUT2D eigenvalue weighted by atomic mass is 9.96. The van der Waals surface area contributed by atoms with Gasteiger partial charge in [-0.05, 0) is 18.4 Å². The molecule has 0 amide bonds. The maximum atomic E-state index is 13.1. The van der Waals surface area contributed by atoms with Gasteiger partial charge in [-0.1, -0.05) is 25.4 Å². The minimum Gasteiger partial charge on any atom is -0.505 e. The van der Waals surface area contributed by atoms with E-state index in [0.29, 0.717) is 11.1 Å². The topological polar surface area (TPSA) is 20.2 Å². The van der Waals surface area contributed by atoms with Crippen molar-refractivity contribution in [3.63, 3.8) is 0 Å². The summed E-state index contributed by atoms with van der Waals surface area (Å²) >= 11 is 5.58. The number of hydrogen-bond donors (Lipinski definition) is 1. The van der Waals surface area contributed by atoms with Crippen molar-refractivity contribution >= 4 is 11.6 Å². The summed E-state index contributed by atoms with van der Waals surface area (Å²) in [6, 6.07) is 0. The van der Waals surface area contributed by atoms with Gasteiger partial charge in [0.25, 0.3) is 0 Å². The number of phenolic OH excluding ortho intramolecular Hbond substituents is 1. The average molecular weight is 221 g/mol. The van der Waals surface area contributed by atoms with Crippen molar-refractivity contribution in [2.24, 2.45) is 0 Å². The van der Waals surface area contributed by atoms with E-state index in [9.17, 15) is 13.9 Å². The molecule has 0 aliphatic heterocycles. The van der Waals surface area contributed by atoms with Crippen LogP contribution in [0.25, 0.3) is 0 Å². The third kappa shape index (κ3) is 1.57. The van der Waals surface area contributed by atoms with Gasteiger partial charge in [0.1, 0.15) is 0 Å². The third-order valence-electron chi connectivity index (χ3n) is 2.16. The van der Waals surface area contributed by atoms with Crippen molar-refractivity contribution in [1.29, 1.82) is 0 Å². The SMILES string of the molecule is Cc1c(Cl)c(F)c(F)c(O)c1C(C)C. The van der Waals surface area contributed by atoms with Crippen molar-refractivity contribution in [2.75, 3.05) is 0 Å². The molecule has 4 heteroatoms. The molecule has 0 saturated carbocycles. The number of aromatic hydroxyl groups is 1. The fourth-order valence-electron chi connectivity index (χ4n) is 1.49. The van der Waals surface area contributed by atoms with E-state index in [2.05, 4.69) is 0 Å². The Labute approximate surface area is 86.3 Å². The minimum atomic E-state index is -1.27. The summed E-state index contributed by atoms with van der Waals surface area (Å²) in [6.45, 7) is 5.10. The lowest BCUT2D eigenvalue weighted by molar-refractivity contribution is 0.398. The highest BCUT2D eigenvalue weighted by Gasteiger charge is 2.22. The summed E-state index contributed by atoms with van der Waals surface area (Å²) in [4.78, 5) is 0. The molecule has 0 spiro atoms. The molecule has 0 aliphatic rings. The summed E-state index contributed by atoms with van der Waals surface area (Å²) in [7, 11) is 0. The first-order valence-electron chi connectivity index (χ1n) is 4.23. The molecule has 0 radical (unpaired) electrons. The monoisotopic (exact) mass is 220 g/mol. The minimum absolute atomic E-state index is 0.109. The van der Waals surface area contributed by atoms with Crippen LogP contribution >= 0.6 is 11.6 Å². The molecule has 0 bridgehead atoms. The highest BCUT2D eigenvalue weighted by Crippen LogP contribution is 2.37. The molecular formula is C10H11ClF2O. The second-order valence-electron chi connectivity index (χ2n) is 3.48. The molecule has 0 aliphatic carbocycles. The van der Waals surface area contributed by atoms with E-state index in [1.54, 1.807) is 20.8 Å². The molecule has 0 atom stereocenters. The summed E-state index contributed by atoms with van der Waals surface area (Å²) in [5, 5.41) is 9.12. The Morgan fingerprint density at radius 3 is 2.14 bits per heavy atom. The van der Waals surface area contributed by atoms with E-state index in [4.69, 9.17) is 11.6 Å². The van der Waals surface area contributed by atoms with Crippen LogP contribution in [0.15, 0.2) is 0 Å². The smallest absolute Gasteiger partial charge is 0.202 e. The van der Waals surface area contributed by atoms with Crippen LogP contribution in [0.3, 0.4) is 0 Å². The van der Waals surface area contributed by atoms with E-state index in [1.807, 2.05) is 0 Å². The lowest BCUT2D eigenvalue weighted by Crippen LogP contribution is -2.00. The van der Waals surface area contributed by atoms with Crippen LogP contribution in [0.5, 0.6) is 5.75 Å². The number of halogens is 3. The number of hydrogen-bond acceptors (Lipinski definition) is 1. The molecule has 0 fully saturated rings. The summed E-state index contributed by atoms with van der Waals surface area (Å²) in [5.74, 6) is -3.21. The van der Waals surface area contributed by atoms with E-state index in [-0.39, 0.29) is 10.9 Å². The molecule has 1 rings (SSSR count). The second kappa shape index (κ2) is 3.73. The zero-order valence-electron chi connectivity index (χ0n) is 8.16. The van der Waals surface area contributed by atoms with Gasteiger partial charge < -0.3 is 5.11 Å². The normalized spacial score (nSPS) is 11.1. The van der Waals surface area contributed by atoms with Gasteiger partial charge in [0.15, 0.2) is 11.6 Å². The molecule has 1 nitrogen and oxygen atoms in total. The van der Waals surface area contributed by atoms with Gasteiger partial charge in [0.2, 0.25) is 5.82 Å². The van der Waals surface area contributed by atoms with Crippen molar-refractivity contribution in [3.05, 3.63) is 27.8 Å². The van der Waals surface area contributed by atoms with E-state index in [0.717, 1.165) is 0 Å². The molecule has 0 aromatic heterocycles. The first-order chi connectivity index (χ1) is 6.37. The molecule has 1 N–H and O–H groups in total. The largest absolute Gasteiger partial charge is 0.505 e. The highest BCUT2D eigenvalue weighted by molar-refractivity contribution is 6.31. The van der Waals surface area contributed by atoms with Gasteiger partial charge in [-0.2, -0.15) is 4.39 Å². The van der Waals surface area contributed by atoms with Gasteiger partial charge in [0.05, 0.1) is 5.02 Å². The molecule has 0 saturated heterocycles. The lowest BCUT2D eigenvalue weighted by Gasteiger charge is -2.14. The zero-order chi connectivity index (χ0) is 11.0. The molecule has 0 unspecified atom stereocenters. The number of benzene rings is 1. The van der Waals surface area contributed by atoms with E-state index >= 15 is 0 Å². The van der Waals surface area contributed by atoms with Crippen molar-refractivity contribution < 1.29 is 13.9 Å². The van der Waals surface area contributed by atoms with E-state index in [1.165, 1.54) is 0 Å². The third-order valence-corrected chi connectivity index (χ3v) is 2.61. The number of rotatable bonds is 1. The molecule has 1 aromatic carbocycles. The number of phenols is 1. The van der Waals surface area contributed by atoms with Crippen LogP contribution in [0.4, 0.5) is 8.78 Å². The van der Waals surface area contributed by atoms with Crippen LogP contribution in [0, 0.1) is 18.6 Å². The molecule has 0 heterocycles. The van der Waals surface area contributed by atoms with Crippen molar-refractivity contribution in [3.8, 4) is 5.75 Å². The first-order valence-corrected chi connectivity index (χ1v) is 4.61. The fraction of sp³-hybridized carbons (Fsp3) is 0.400. The average Bonchev–Trinajstić information content (AvgIpc) is 2.11. The fourth-order valence-corrected chi connectivity index (χ4v) is 1.67. The Morgan fingerprint density at radius 1 is 1.21 bits per heavy atom. The second-order valence-corrected chi connectivity index (χ2v) is 3.86. The predicted molar refractivity (Wildman–Crippen MR) is 51.9 cm³/mol. The van der Waals surface area contributed by atoms with E-state index < -0.39 is 17.4 Å². The van der Waals surface area contributed by atoms with Gasteiger partial charge in [-0.25, -0.2) is 4.39 Å². The van der Waals surface area contributed by atoms with Crippen molar-refractivity contribution in [1.82, 2.24) is 0 Å². The highest BCUT2D eigenvalue weighted by atomic mass is 35.5. The maximum absolute atomic E-state index is 13.1. The van der Waals surface area contributed by atoms with Crippen LogP contribution in [-0.4, -0.2) is 5.11 Å². The van der Waals surface area contributed by atoms with Crippen LogP contribution < -0.4 is 0 Å². The zero-order valence-corrected chi connectivity index (χ0v) is 8.91. The standard InChI is InChI=1S/C10H11ClF2O/c1-4(2)6-5(3)7(11)8(12)9(13)10(6)14/h4,14H,1-3H3. The molecule has 1 aromatic rings. The Hall–Kier alpha value is -0.830. The Balaban J connectivity index is 3.60. The molecule has 78 valence electrons. The van der Waals surface area contributed by atoms with Crippen LogP contribution in [0.1, 0.15) is 30.9 Å². The predicted octanol–water partition coefficient (Wildman–Crippen LogP) is 3.76. The summed E-state index contributed by atoms with van der Waals surface area (Å²) in [5.41, 5.74) is 0.743. The quantitative estimate of drug-likeness (QED) is 0.715. The van der Waals surface area contributed by atoms with Crippen LogP contribution in [0.2, 0.25) is 5.02 Å². The van der Waals surface area contributed by atoms with Gasteiger partial charge in [0, 0.05) is 5.56 Å². The van der Waals surface area contributed by atoms with Gasteiger partial charge >= 0.3 is 0 Å². The van der Waals surface area contributed by atoms with Crippen LogP contribution in [-0.2, 0) is 0 Å². The summed E-state index contributed by atoms with van der Waals surface area (Å²) < 4.78 is 26.1. The van der Waals surface area contributed by atoms with Gasteiger partial charge in [-0.15, -0.1) is 0 Å².